The van der Waals surface area contributed by atoms with Gasteiger partial charge in [-0.15, -0.1) is 0 Å². The molecule has 22 heavy (non-hydrogen) atoms. The van der Waals surface area contributed by atoms with Gasteiger partial charge in [0.15, 0.2) is 5.78 Å². The summed E-state index contributed by atoms with van der Waals surface area (Å²) in [6.45, 7) is 7.61. The molecule has 0 saturated heterocycles. The van der Waals surface area contributed by atoms with E-state index in [9.17, 15) is 9.59 Å². The zero-order valence-electron chi connectivity index (χ0n) is 14.0. The second kappa shape index (κ2) is 8.52. The van der Waals surface area contributed by atoms with Crippen LogP contribution in [0, 0.1) is 0 Å². The van der Waals surface area contributed by atoms with Crippen molar-refractivity contribution in [3.63, 3.8) is 0 Å². The van der Waals surface area contributed by atoms with Crippen LogP contribution in [0.3, 0.4) is 0 Å². The Morgan fingerprint density at radius 3 is 2.27 bits per heavy atom. The zero-order chi connectivity index (χ0) is 16.6. The van der Waals surface area contributed by atoms with Gasteiger partial charge in [-0.05, 0) is 38.8 Å². The Balaban J connectivity index is 2.58. The summed E-state index contributed by atoms with van der Waals surface area (Å²) in [7, 11) is 0. The van der Waals surface area contributed by atoms with E-state index in [1.165, 1.54) is 6.08 Å². The number of carbonyl (C=O) groups is 2. The van der Waals surface area contributed by atoms with E-state index in [0.717, 1.165) is 30.4 Å². The smallest absolute Gasteiger partial charge is 0.331 e. The summed E-state index contributed by atoms with van der Waals surface area (Å²) in [5.41, 5.74) is 1.11. The molecule has 0 fully saturated rings. The maximum absolute atomic E-state index is 12.0. The molecule has 1 rings (SSSR count). The first kappa shape index (κ1) is 18.1. The van der Waals surface area contributed by atoms with Gasteiger partial charge < -0.3 is 4.74 Å². The number of esters is 1. The second-order valence-corrected chi connectivity index (χ2v) is 6.37. The Morgan fingerprint density at radius 1 is 1.09 bits per heavy atom. The molecule has 0 saturated carbocycles. The van der Waals surface area contributed by atoms with Crippen molar-refractivity contribution in [2.24, 2.45) is 0 Å². The summed E-state index contributed by atoms with van der Waals surface area (Å²) < 4.78 is 5.20. The Morgan fingerprint density at radius 2 is 1.73 bits per heavy atom. The molecule has 0 aromatic heterocycles. The molecular formula is C19H26O3. The molecule has 0 aliphatic rings. The van der Waals surface area contributed by atoms with Gasteiger partial charge in [0, 0.05) is 18.1 Å². The number of hydrogen-bond donors (Lipinski definition) is 0. The van der Waals surface area contributed by atoms with Crippen molar-refractivity contribution < 1.29 is 14.3 Å². The lowest BCUT2D eigenvalue weighted by atomic mass is 10.0. The lowest BCUT2D eigenvalue weighted by molar-refractivity contribution is -0.148. The molecule has 120 valence electrons. The van der Waals surface area contributed by atoms with E-state index in [4.69, 9.17) is 4.74 Å². The van der Waals surface area contributed by atoms with Gasteiger partial charge in [0.05, 0.1) is 0 Å². The highest BCUT2D eigenvalue weighted by atomic mass is 16.6. The van der Waals surface area contributed by atoms with Crippen LogP contribution in [-0.4, -0.2) is 17.4 Å². The third-order valence-electron chi connectivity index (χ3n) is 3.06. The van der Waals surface area contributed by atoms with E-state index in [1.54, 1.807) is 6.08 Å². The first-order valence-corrected chi connectivity index (χ1v) is 7.86. The maximum atomic E-state index is 12.0. The highest BCUT2D eigenvalue weighted by molar-refractivity contribution is 5.96. The van der Waals surface area contributed by atoms with Crippen molar-refractivity contribution in [2.45, 2.75) is 59.0 Å². The number of hydrogen-bond acceptors (Lipinski definition) is 3. The van der Waals surface area contributed by atoms with Crippen molar-refractivity contribution in [3.05, 3.63) is 41.5 Å². The van der Waals surface area contributed by atoms with Gasteiger partial charge in [0.2, 0.25) is 0 Å². The van der Waals surface area contributed by atoms with Gasteiger partial charge in [0.25, 0.3) is 0 Å². The van der Waals surface area contributed by atoms with Gasteiger partial charge in [-0.2, -0.15) is 0 Å². The van der Waals surface area contributed by atoms with Crippen LogP contribution in [0.15, 0.2) is 30.3 Å². The van der Waals surface area contributed by atoms with Gasteiger partial charge >= 0.3 is 5.97 Å². The SMILES string of the molecule is CCCCCC(=O)c1ccc(C=CC(=O)OC(C)(C)C)cc1. The van der Waals surface area contributed by atoms with Gasteiger partial charge in [0.1, 0.15) is 5.60 Å². The van der Waals surface area contributed by atoms with E-state index in [1.807, 2.05) is 45.0 Å². The number of rotatable bonds is 7. The summed E-state index contributed by atoms with van der Waals surface area (Å²) in [5.74, 6) is -0.191. The molecule has 0 amide bonds. The quantitative estimate of drug-likeness (QED) is 0.314. The lowest BCUT2D eigenvalue weighted by Gasteiger charge is -2.17. The molecule has 0 aliphatic heterocycles. The minimum Gasteiger partial charge on any atom is -0.457 e. The third kappa shape index (κ3) is 7.21. The fourth-order valence-corrected chi connectivity index (χ4v) is 1.96. The van der Waals surface area contributed by atoms with Crippen LogP contribution in [0.4, 0.5) is 0 Å². The van der Waals surface area contributed by atoms with E-state index in [-0.39, 0.29) is 11.8 Å². The molecule has 0 heterocycles. The molecule has 0 spiro atoms. The molecule has 0 aliphatic carbocycles. The molecule has 1 aromatic rings. The molecule has 3 heteroatoms. The van der Waals surface area contributed by atoms with Crippen molar-refractivity contribution in [3.8, 4) is 0 Å². The Hall–Kier alpha value is -1.90. The van der Waals surface area contributed by atoms with E-state index in [2.05, 4.69) is 6.92 Å². The third-order valence-corrected chi connectivity index (χ3v) is 3.06. The molecular weight excluding hydrogens is 276 g/mol. The standard InChI is InChI=1S/C19H26O3/c1-5-6-7-8-17(20)16-12-9-15(10-13-16)11-14-18(21)22-19(2,3)4/h9-14H,5-8H2,1-4H3. The predicted molar refractivity (Wildman–Crippen MR) is 89.8 cm³/mol. The lowest BCUT2D eigenvalue weighted by Crippen LogP contribution is -2.22. The van der Waals surface area contributed by atoms with Crippen LogP contribution in [-0.2, 0) is 9.53 Å². The minimum absolute atomic E-state index is 0.177. The Bertz CT molecular complexity index is 519. The monoisotopic (exact) mass is 302 g/mol. The van der Waals surface area contributed by atoms with Crippen LogP contribution >= 0.6 is 0 Å². The summed E-state index contributed by atoms with van der Waals surface area (Å²) in [6, 6.07) is 7.30. The van der Waals surface area contributed by atoms with Crippen molar-refractivity contribution in [2.75, 3.05) is 0 Å². The van der Waals surface area contributed by atoms with Crippen LogP contribution in [0.2, 0.25) is 0 Å². The molecule has 0 unspecified atom stereocenters. The number of benzene rings is 1. The van der Waals surface area contributed by atoms with Crippen LogP contribution < -0.4 is 0 Å². The molecule has 0 radical (unpaired) electrons. The maximum Gasteiger partial charge on any atom is 0.331 e. The Labute approximate surface area is 133 Å². The molecule has 1 aromatic carbocycles. The summed E-state index contributed by atoms with van der Waals surface area (Å²) in [5, 5.41) is 0. The van der Waals surface area contributed by atoms with Crippen LogP contribution in [0.5, 0.6) is 0 Å². The van der Waals surface area contributed by atoms with Gasteiger partial charge in [-0.25, -0.2) is 4.79 Å². The number of ketones is 1. The highest BCUT2D eigenvalue weighted by Crippen LogP contribution is 2.12. The van der Waals surface area contributed by atoms with Crippen molar-refractivity contribution >= 4 is 17.8 Å². The normalized spacial score (nSPS) is 11.6. The highest BCUT2D eigenvalue weighted by Gasteiger charge is 2.13. The first-order chi connectivity index (χ1) is 10.3. The van der Waals surface area contributed by atoms with Crippen molar-refractivity contribution in [1.82, 2.24) is 0 Å². The molecule has 0 N–H and O–H groups in total. The fourth-order valence-electron chi connectivity index (χ4n) is 1.96. The van der Waals surface area contributed by atoms with Gasteiger partial charge in [-0.1, -0.05) is 44.0 Å². The molecule has 3 nitrogen and oxygen atoms in total. The van der Waals surface area contributed by atoms with Crippen LogP contribution in [0.25, 0.3) is 6.08 Å². The number of Topliss-reactive ketones (excluding diaryl/α,β-unsaturated/α-hetero) is 1. The topological polar surface area (TPSA) is 43.4 Å². The van der Waals surface area contributed by atoms with E-state index in [0.29, 0.717) is 6.42 Å². The summed E-state index contributed by atoms with van der Waals surface area (Å²) in [6.07, 6.45) is 6.84. The number of unbranched alkanes of at least 4 members (excludes halogenated alkanes) is 2. The summed E-state index contributed by atoms with van der Waals surface area (Å²) >= 11 is 0. The number of ether oxygens (including phenoxy) is 1. The second-order valence-electron chi connectivity index (χ2n) is 6.37. The largest absolute Gasteiger partial charge is 0.457 e. The van der Waals surface area contributed by atoms with Gasteiger partial charge in [-0.3, -0.25) is 4.79 Å². The predicted octanol–water partition coefficient (Wildman–Crippen LogP) is 4.80. The van der Waals surface area contributed by atoms with E-state index < -0.39 is 5.60 Å². The Kier molecular flexibility index (Phi) is 7.03. The van der Waals surface area contributed by atoms with Crippen molar-refractivity contribution in [1.29, 1.82) is 0 Å². The van der Waals surface area contributed by atoms with E-state index >= 15 is 0 Å². The molecule has 0 atom stereocenters. The minimum atomic E-state index is -0.490. The first-order valence-electron chi connectivity index (χ1n) is 7.86. The average molecular weight is 302 g/mol. The zero-order valence-corrected chi connectivity index (χ0v) is 14.0. The molecule has 0 bridgehead atoms. The number of carbonyl (C=O) groups excluding carboxylic acids is 2. The summed E-state index contributed by atoms with van der Waals surface area (Å²) in [4.78, 5) is 23.6. The van der Waals surface area contributed by atoms with Crippen LogP contribution in [0.1, 0.15) is 69.3 Å². The average Bonchev–Trinajstić information content (AvgIpc) is 2.44. The fraction of sp³-hybridized carbons (Fsp3) is 0.474.